The fourth-order valence-electron chi connectivity index (χ4n) is 2.02. The molecule has 128 valence electrons. The maximum atomic E-state index is 12.0. The van der Waals surface area contributed by atoms with Crippen LogP contribution in [0.15, 0.2) is 45.5 Å². The third kappa shape index (κ3) is 5.82. The van der Waals surface area contributed by atoms with Crippen molar-refractivity contribution in [3.8, 4) is 0 Å². The Morgan fingerprint density at radius 2 is 1.92 bits per heavy atom. The van der Waals surface area contributed by atoms with Crippen molar-refractivity contribution in [3.05, 3.63) is 52.4 Å². The zero-order valence-corrected chi connectivity index (χ0v) is 14.9. The predicted octanol–water partition coefficient (Wildman–Crippen LogP) is 2.69. The van der Waals surface area contributed by atoms with Crippen LogP contribution in [0.2, 0.25) is 0 Å². The van der Waals surface area contributed by atoms with Gasteiger partial charge in [-0.1, -0.05) is 12.1 Å². The maximum Gasteiger partial charge on any atom is 0.291 e. The van der Waals surface area contributed by atoms with Crippen LogP contribution in [0.4, 0.5) is 5.69 Å². The number of halogens is 1. The SMILES string of the molecule is CC(N)CCNC(=O)Cc1ccc(NC(=O)c2ccc(Br)o2)cc1. The Morgan fingerprint density at radius 1 is 1.21 bits per heavy atom. The summed E-state index contributed by atoms with van der Waals surface area (Å²) >= 11 is 3.15. The molecule has 0 saturated heterocycles. The van der Waals surface area contributed by atoms with Crippen molar-refractivity contribution in [1.82, 2.24) is 5.32 Å². The minimum Gasteiger partial charge on any atom is -0.444 e. The molecule has 0 aliphatic carbocycles. The number of hydrogen-bond donors (Lipinski definition) is 3. The number of amides is 2. The average molecular weight is 394 g/mol. The van der Waals surface area contributed by atoms with Crippen LogP contribution < -0.4 is 16.4 Å². The van der Waals surface area contributed by atoms with Crippen molar-refractivity contribution in [3.63, 3.8) is 0 Å². The highest BCUT2D eigenvalue weighted by Crippen LogP contribution is 2.16. The van der Waals surface area contributed by atoms with Crippen LogP contribution in [-0.4, -0.2) is 24.4 Å². The first-order chi connectivity index (χ1) is 11.4. The molecular weight excluding hydrogens is 374 g/mol. The van der Waals surface area contributed by atoms with Crippen LogP contribution in [0.3, 0.4) is 0 Å². The van der Waals surface area contributed by atoms with Gasteiger partial charge < -0.3 is 20.8 Å². The highest BCUT2D eigenvalue weighted by atomic mass is 79.9. The quantitative estimate of drug-likeness (QED) is 0.673. The van der Waals surface area contributed by atoms with Gasteiger partial charge in [-0.15, -0.1) is 0 Å². The summed E-state index contributed by atoms with van der Waals surface area (Å²) < 4.78 is 5.69. The van der Waals surface area contributed by atoms with Crippen molar-refractivity contribution >= 4 is 33.4 Å². The van der Waals surface area contributed by atoms with E-state index in [0.717, 1.165) is 12.0 Å². The van der Waals surface area contributed by atoms with Gasteiger partial charge in [-0.05, 0) is 59.1 Å². The first-order valence-electron chi connectivity index (χ1n) is 7.62. The normalized spacial score (nSPS) is 11.8. The zero-order valence-electron chi connectivity index (χ0n) is 13.3. The molecule has 0 spiro atoms. The Kier molecular flexibility index (Phi) is 6.57. The number of carbonyl (C=O) groups excluding carboxylic acids is 2. The van der Waals surface area contributed by atoms with Gasteiger partial charge in [-0.3, -0.25) is 9.59 Å². The lowest BCUT2D eigenvalue weighted by Gasteiger charge is -2.08. The van der Waals surface area contributed by atoms with Crippen LogP contribution in [0.1, 0.15) is 29.5 Å². The summed E-state index contributed by atoms with van der Waals surface area (Å²) in [5, 5.41) is 5.56. The molecule has 0 aliphatic rings. The van der Waals surface area contributed by atoms with E-state index in [1.807, 2.05) is 6.92 Å². The summed E-state index contributed by atoms with van der Waals surface area (Å²) in [6, 6.07) is 10.4. The Morgan fingerprint density at radius 3 is 2.50 bits per heavy atom. The lowest BCUT2D eigenvalue weighted by atomic mass is 10.1. The second-order valence-electron chi connectivity index (χ2n) is 5.55. The van der Waals surface area contributed by atoms with E-state index < -0.39 is 0 Å². The first-order valence-corrected chi connectivity index (χ1v) is 8.41. The van der Waals surface area contributed by atoms with Crippen molar-refractivity contribution in [2.75, 3.05) is 11.9 Å². The third-order valence-electron chi connectivity index (χ3n) is 3.30. The first kappa shape index (κ1) is 18.2. The number of furan rings is 1. The van der Waals surface area contributed by atoms with Gasteiger partial charge in [0.1, 0.15) is 0 Å². The Bertz CT molecular complexity index is 695. The van der Waals surface area contributed by atoms with Gasteiger partial charge in [0, 0.05) is 18.3 Å². The predicted molar refractivity (Wildman–Crippen MR) is 95.8 cm³/mol. The Labute approximate surface area is 148 Å². The summed E-state index contributed by atoms with van der Waals surface area (Å²) in [6.07, 6.45) is 1.04. The van der Waals surface area contributed by atoms with Gasteiger partial charge in [0.25, 0.3) is 5.91 Å². The van der Waals surface area contributed by atoms with E-state index in [1.165, 1.54) is 0 Å². The van der Waals surface area contributed by atoms with Gasteiger partial charge >= 0.3 is 0 Å². The number of benzene rings is 1. The second kappa shape index (κ2) is 8.65. The highest BCUT2D eigenvalue weighted by Gasteiger charge is 2.11. The molecule has 1 heterocycles. The molecule has 0 radical (unpaired) electrons. The summed E-state index contributed by atoms with van der Waals surface area (Å²) in [6.45, 7) is 2.48. The molecule has 7 heteroatoms. The van der Waals surface area contributed by atoms with Gasteiger partial charge in [0.15, 0.2) is 10.4 Å². The van der Waals surface area contributed by atoms with Crippen LogP contribution in [0, 0.1) is 0 Å². The van der Waals surface area contributed by atoms with Crippen LogP contribution >= 0.6 is 15.9 Å². The molecule has 1 aromatic heterocycles. The number of nitrogens with two attached hydrogens (primary N) is 1. The molecule has 2 rings (SSSR count). The summed E-state index contributed by atoms with van der Waals surface area (Å²) in [4.78, 5) is 23.8. The van der Waals surface area contributed by atoms with Gasteiger partial charge in [-0.25, -0.2) is 0 Å². The Balaban J connectivity index is 1.84. The monoisotopic (exact) mass is 393 g/mol. The zero-order chi connectivity index (χ0) is 17.5. The van der Waals surface area contributed by atoms with E-state index in [-0.39, 0.29) is 30.0 Å². The fraction of sp³-hybridized carbons (Fsp3) is 0.294. The van der Waals surface area contributed by atoms with Crippen molar-refractivity contribution in [2.24, 2.45) is 5.73 Å². The molecule has 2 aromatic rings. The third-order valence-corrected chi connectivity index (χ3v) is 3.72. The molecule has 1 atom stereocenters. The Hall–Kier alpha value is -2.12. The van der Waals surface area contributed by atoms with Crippen LogP contribution in [-0.2, 0) is 11.2 Å². The second-order valence-corrected chi connectivity index (χ2v) is 6.33. The van der Waals surface area contributed by atoms with E-state index in [4.69, 9.17) is 10.2 Å². The summed E-state index contributed by atoms with van der Waals surface area (Å²) in [7, 11) is 0. The lowest BCUT2D eigenvalue weighted by Crippen LogP contribution is -2.30. The molecule has 0 bridgehead atoms. The molecule has 1 aromatic carbocycles. The topological polar surface area (TPSA) is 97.4 Å². The van der Waals surface area contributed by atoms with Crippen molar-refractivity contribution in [1.29, 1.82) is 0 Å². The molecule has 6 nitrogen and oxygen atoms in total. The molecule has 0 fully saturated rings. The fourth-order valence-corrected chi connectivity index (χ4v) is 2.33. The largest absolute Gasteiger partial charge is 0.444 e. The standard InChI is InChI=1S/C17H20BrN3O3/c1-11(19)8-9-20-16(22)10-12-2-4-13(5-3-12)21-17(23)14-6-7-15(18)24-14/h2-7,11H,8-10,19H2,1H3,(H,20,22)(H,21,23). The van der Waals surface area contributed by atoms with Crippen molar-refractivity contribution in [2.45, 2.75) is 25.8 Å². The van der Waals surface area contributed by atoms with Crippen LogP contribution in [0.5, 0.6) is 0 Å². The van der Waals surface area contributed by atoms with Gasteiger partial charge in [0.05, 0.1) is 6.42 Å². The van der Waals surface area contributed by atoms with Crippen molar-refractivity contribution < 1.29 is 14.0 Å². The van der Waals surface area contributed by atoms with Gasteiger partial charge in [-0.2, -0.15) is 0 Å². The minimum absolute atomic E-state index is 0.0483. The number of rotatable bonds is 7. The summed E-state index contributed by atoms with van der Waals surface area (Å²) in [5.41, 5.74) is 7.14. The highest BCUT2D eigenvalue weighted by molar-refractivity contribution is 9.10. The minimum atomic E-state index is -0.331. The average Bonchev–Trinajstić information content (AvgIpc) is 2.95. The molecule has 2 amide bonds. The van der Waals surface area contributed by atoms with E-state index >= 15 is 0 Å². The van der Waals surface area contributed by atoms with E-state index in [1.54, 1.807) is 36.4 Å². The number of carbonyl (C=O) groups is 2. The van der Waals surface area contributed by atoms with E-state index in [0.29, 0.717) is 16.9 Å². The maximum absolute atomic E-state index is 12.0. The lowest BCUT2D eigenvalue weighted by molar-refractivity contribution is -0.120. The number of nitrogens with one attached hydrogen (secondary N) is 2. The number of anilines is 1. The number of hydrogen-bond acceptors (Lipinski definition) is 4. The van der Waals surface area contributed by atoms with E-state index in [2.05, 4.69) is 26.6 Å². The van der Waals surface area contributed by atoms with E-state index in [9.17, 15) is 9.59 Å². The molecule has 4 N–H and O–H groups in total. The molecular formula is C17H20BrN3O3. The van der Waals surface area contributed by atoms with Crippen LogP contribution in [0.25, 0.3) is 0 Å². The molecule has 0 saturated carbocycles. The smallest absolute Gasteiger partial charge is 0.291 e. The molecule has 0 aliphatic heterocycles. The molecule has 1 unspecified atom stereocenters. The van der Waals surface area contributed by atoms with Gasteiger partial charge in [0.2, 0.25) is 5.91 Å². The molecule has 24 heavy (non-hydrogen) atoms. The summed E-state index contributed by atoms with van der Waals surface area (Å²) in [5.74, 6) is -0.158.